The van der Waals surface area contributed by atoms with Crippen molar-refractivity contribution >= 4 is 21.6 Å². The summed E-state index contributed by atoms with van der Waals surface area (Å²) >= 11 is 1.89. The lowest BCUT2D eigenvalue weighted by molar-refractivity contribution is 0.0899. The molecule has 0 amide bonds. The average Bonchev–Trinajstić information content (AvgIpc) is 2.41. The van der Waals surface area contributed by atoms with Gasteiger partial charge < -0.3 is 5.11 Å². The highest BCUT2D eigenvalue weighted by Crippen LogP contribution is 2.21. The molecule has 2 heterocycles. The van der Waals surface area contributed by atoms with Crippen LogP contribution in [0, 0.1) is 0 Å². The second-order valence-corrected chi connectivity index (χ2v) is 7.24. The van der Waals surface area contributed by atoms with Crippen molar-refractivity contribution in [3.63, 3.8) is 0 Å². The minimum Gasteiger partial charge on any atom is -0.390 e. The van der Waals surface area contributed by atoms with E-state index in [1.807, 2.05) is 11.8 Å². The molecule has 2 saturated heterocycles. The molecule has 4 nitrogen and oxygen atoms in total. The molecule has 2 aliphatic rings. The Labute approximate surface area is 88.6 Å². The molecule has 1 N–H and O–H groups in total. The summed E-state index contributed by atoms with van der Waals surface area (Å²) in [7, 11) is -2.99. The van der Waals surface area contributed by atoms with Gasteiger partial charge in [-0.1, -0.05) is 0 Å². The van der Waals surface area contributed by atoms with E-state index in [2.05, 4.69) is 4.90 Å². The Kier molecular flexibility index (Phi) is 3.06. The Bertz CT molecular complexity index is 298. The molecule has 0 radical (unpaired) electrons. The monoisotopic (exact) mass is 237 g/mol. The van der Waals surface area contributed by atoms with Gasteiger partial charge in [0.2, 0.25) is 0 Å². The first kappa shape index (κ1) is 10.7. The van der Waals surface area contributed by atoms with Crippen LogP contribution in [-0.4, -0.2) is 66.7 Å². The molecule has 0 aliphatic carbocycles. The van der Waals surface area contributed by atoms with E-state index < -0.39 is 15.9 Å². The predicted octanol–water partition coefficient (Wildman–Crippen LogP) is -0.807. The highest BCUT2D eigenvalue weighted by molar-refractivity contribution is 7.99. The fourth-order valence-electron chi connectivity index (χ4n) is 2.07. The Balaban J connectivity index is 2.04. The van der Waals surface area contributed by atoms with E-state index in [1.165, 1.54) is 0 Å². The number of hydrogen-bond donors (Lipinski definition) is 1. The van der Waals surface area contributed by atoms with Crippen LogP contribution in [0.15, 0.2) is 0 Å². The molecule has 2 aliphatic heterocycles. The summed E-state index contributed by atoms with van der Waals surface area (Å²) in [4.78, 5) is 2.12. The third-order valence-electron chi connectivity index (χ3n) is 2.81. The van der Waals surface area contributed by atoms with Crippen molar-refractivity contribution in [1.82, 2.24) is 4.90 Å². The van der Waals surface area contributed by atoms with E-state index in [0.29, 0.717) is 0 Å². The van der Waals surface area contributed by atoms with Gasteiger partial charge in [0.1, 0.15) is 0 Å². The smallest absolute Gasteiger partial charge is 0.154 e. The van der Waals surface area contributed by atoms with Gasteiger partial charge in [-0.15, -0.1) is 0 Å². The SMILES string of the molecule is O=S1(=O)C[C@@H](N2CCSCC2)[C@@H](O)C1. The van der Waals surface area contributed by atoms with E-state index in [-0.39, 0.29) is 17.5 Å². The predicted molar refractivity (Wildman–Crippen MR) is 57.3 cm³/mol. The van der Waals surface area contributed by atoms with Crippen molar-refractivity contribution in [1.29, 1.82) is 0 Å². The molecule has 6 heteroatoms. The van der Waals surface area contributed by atoms with Crippen LogP contribution < -0.4 is 0 Å². The fourth-order valence-corrected chi connectivity index (χ4v) is 4.83. The minimum absolute atomic E-state index is 0.0543. The second-order valence-electron chi connectivity index (χ2n) is 3.86. The molecule has 82 valence electrons. The zero-order valence-electron chi connectivity index (χ0n) is 7.92. The summed E-state index contributed by atoms with van der Waals surface area (Å²) in [5, 5.41) is 9.65. The lowest BCUT2D eigenvalue weighted by Gasteiger charge is -2.32. The van der Waals surface area contributed by atoms with Crippen LogP contribution in [0.25, 0.3) is 0 Å². The fraction of sp³-hybridized carbons (Fsp3) is 1.00. The van der Waals surface area contributed by atoms with Gasteiger partial charge in [-0.25, -0.2) is 8.42 Å². The zero-order valence-corrected chi connectivity index (χ0v) is 9.56. The Hall–Kier alpha value is 0.220. The second kappa shape index (κ2) is 4.00. The first-order valence-corrected chi connectivity index (χ1v) is 7.76. The Morgan fingerprint density at radius 1 is 1.21 bits per heavy atom. The van der Waals surface area contributed by atoms with Crippen molar-refractivity contribution in [3.05, 3.63) is 0 Å². The summed E-state index contributed by atoms with van der Waals surface area (Å²) < 4.78 is 22.6. The molecular weight excluding hydrogens is 222 g/mol. The van der Waals surface area contributed by atoms with Gasteiger partial charge in [-0.05, 0) is 0 Å². The van der Waals surface area contributed by atoms with Gasteiger partial charge in [0.15, 0.2) is 9.84 Å². The molecule has 0 aromatic heterocycles. The van der Waals surface area contributed by atoms with Gasteiger partial charge in [0.25, 0.3) is 0 Å². The summed E-state index contributed by atoms with van der Waals surface area (Å²) in [5.41, 5.74) is 0. The number of sulfone groups is 1. The lowest BCUT2D eigenvalue weighted by Crippen LogP contribution is -2.47. The molecule has 0 bridgehead atoms. The number of thioether (sulfide) groups is 1. The van der Waals surface area contributed by atoms with Crippen LogP contribution in [0.4, 0.5) is 0 Å². The highest BCUT2D eigenvalue weighted by Gasteiger charge is 2.40. The summed E-state index contributed by atoms with van der Waals surface area (Å²) in [6.45, 7) is 1.81. The molecule has 14 heavy (non-hydrogen) atoms. The van der Waals surface area contributed by atoms with Crippen LogP contribution in [0.5, 0.6) is 0 Å². The maximum absolute atomic E-state index is 11.3. The summed E-state index contributed by atoms with van der Waals surface area (Å²) in [6.07, 6.45) is -0.678. The number of hydrogen-bond acceptors (Lipinski definition) is 5. The Morgan fingerprint density at radius 2 is 1.86 bits per heavy atom. The van der Waals surface area contributed by atoms with E-state index in [1.54, 1.807) is 0 Å². The molecule has 2 rings (SSSR count). The van der Waals surface area contributed by atoms with Crippen molar-refractivity contribution in [2.24, 2.45) is 0 Å². The van der Waals surface area contributed by atoms with Crippen molar-refractivity contribution in [2.45, 2.75) is 12.1 Å². The van der Waals surface area contributed by atoms with Gasteiger partial charge >= 0.3 is 0 Å². The maximum Gasteiger partial charge on any atom is 0.154 e. The summed E-state index contributed by atoms with van der Waals surface area (Å²) in [6, 6.07) is -0.152. The molecule has 0 aromatic carbocycles. The third kappa shape index (κ3) is 2.24. The van der Waals surface area contributed by atoms with Crippen LogP contribution in [-0.2, 0) is 9.84 Å². The molecule has 2 atom stereocenters. The minimum atomic E-state index is -2.99. The third-order valence-corrected chi connectivity index (χ3v) is 5.45. The summed E-state index contributed by atoms with van der Waals surface area (Å²) in [5.74, 6) is 2.17. The molecule has 0 saturated carbocycles. The van der Waals surface area contributed by atoms with Gasteiger partial charge in [-0.3, -0.25) is 4.90 Å². The molecule has 0 spiro atoms. The number of rotatable bonds is 1. The highest BCUT2D eigenvalue weighted by atomic mass is 32.2. The number of nitrogens with zero attached hydrogens (tertiary/aromatic N) is 1. The number of aliphatic hydroxyl groups is 1. The normalized spacial score (nSPS) is 38.6. The first-order valence-electron chi connectivity index (χ1n) is 4.79. The van der Waals surface area contributed by atoms with Crippen LogP contribution in [0.1, 0.15) is 0 Å². The van der Waals surface area contributed by atoms with E-state index >= 15 is 0 Å². The first-order chi connectivity index (χ1) is 6.58. The van der Waals surface area contributed by atoms with Crippen LogP contribution in [0.2, 0.25) is 0 Å². The largest absolute Gasteiger partial charge is 0.390 e. The van der Waals surface area contributed by atoms with Gasteiger partial charge in [-0.2, -0.15) is 11.8 Å². The van der Waals surface area contributed by atoms with Gasteiger partial charge in [0.05, 0.1) is 23.7 Å². The van der Waals surface area contributed by atoms with E-state index in [0.717, 1.165) is 24.6 Å². The Morgan fingerprint density at radius 3 is 2.36 bits per heavy atom. The van der Waals surface area contributed by atoms with Crippen molar-refractivity contribution in [3.8, 4) is 0 Å². The van der Waals surface area contributed by atoms with E-state index in [4.69, 9.17) is 0 Å². The number of aliphatic hydroxyl groups excluding tert-OH is 1. The molecule has 0 unspecified atom stereocenters. The maximum atomic E-state index is 11.3. The van der Waals surface area contributed by atoms with Crippen LogP contribution in [0.3, 0.4) is 0 Å². The topological polar surface area (TPSA) is 57.6 Å². The standard InChI is InChI=1S/C8H15NO3S2/c10-8-6-14(11,12)5-7(8)9-1-3-13-4-2-9/h7-8,10H,1-6H2/t7-,8+/m1/s1. The zero-order chi connectivity index (χ0) is 10.2. The van der Waals surface area contributed by atoms with E-state index in [9.17, 15) is 13.5 Å². The molecular formula is C8H15NO3S2. The van der Waals surface area contributed by atoms with Crippen LogP contribution >= 0.6 is 11.8 Å². The van der Waals surface area contributed by atoms with Gasteiger partial charge in [0, 0.05) is 24.6 Å². The molecule has 2 fully saturated rings. The molecule has 0 aromatic rings. The average molecular weight is 237 g/mol. The quantitative estimate of drug-likeness (QED) is 0.646. The van der Waals surface area contributed by atoms with Crippen molar-refractivity contribution < 1.29 is 13.5 Å². The lowest BCUT2D eigenvalue weighted by atomic mass is 10.2. The van der Waals surface area contributed by atoms with Crippen molar-refractivity contribution in [2.75, 3.05) is 36.1 Å².